The van der Waals surface area contributed by atoms with Crippen LogP contribution >= 0.6 is 15.9 Å². The molecule has 2 rings (SSSR count). The predicted octanol–water partition coefficient (Wildman–Crippen LogP) is 3.48. The SMILES string of the molecule is COc1ccc2ccccc2c1C(Br)C=O. The molecule has 0 aliphatic rings. The van der Waals surface area contributed by atoms with E-state index < -0.39 is 0 Å². The van der Waals surface area contributed by atoms with Crippen LogP contribution in [0.1, 0.15) is 10.4 Å². The summed E-state index contributed by atoms with van der Waals surface area (Å²) in [4.78, 5) is 10.6. The summed E-state index contributed by atoms with van der Waals surface area (Å²) in [6.07, 6.45) is 0.865. The molecular weight excluding hydrogens is 268 g/mol. The van der Waals surface area contributed by atoms with Gasteiger partial charge in [-0.2, -0.15) is 0 Å². The van der Waals surface area contributed by atoms with Crippen molar-refractivity contribution in [2.24, 2.45) is 0 Å². The summed E-state index contributed by atoms with van der Waals surface area (Å²) in [7, 11) is 1.61. The van der Waals surface area contributed by atoms with Crippen LogP contribution < -0.4 is 4.74 Å². The number of fused-ring (bicyclic) bond motifs is 1. The fourth-order valence-corrected chi connectivity index (χ4v) is 2.28. The van der Waals surface area contributed by atoms with E-state index in [9.17, 15) is 4.79 Å². The minimum absolute atomic E-state index is 0.339. The number of aldehydes is 1. The topological polar surface area (TPSA) is 26.3 Å². The summed E-state index contributed by atoms with van der Waals surface area (Å²) in [5.74, 6) is 0.729. The van der Waals surface area contributed by atoms with Crippen molar-refractivity contribution < 1.29 is 9.53 Å². The summed E-state index contributed by atoms with van der Waals surface area (Å²) in [5.41, 5.74) is 0.885. The van der Waals surface area contributed by atoms with Crippen molar-refractivity contribution in [1.29, 1.82) is 0 Å². The lowest BCUT2D eigenvalue weighted by Crippen LogP contribution is -1.97. The molecule has 0 bridgehead atoms. The van der Waals surface area contributed by atoms with Gasteiger partial charge in [-0.05, 0) is 16.8 Å². The highest BCUT2D eigenvalue weighted by Gasteiger charge is 2.15. The number of halogens is 1. The number of benzene rings is 2. The number of hydrogen-bond acceptors (Lipinski definition) is 2. The molecule has 82 valence electrons. The molecule has 16 heavy (non-hydrogen) atoms. The Morgan fingerprint density at radius 2 is 2.00 bits per heavy atom. The largest absolute Gasteiger partial charge is 0.496 e. The Kier molecular flexibility index (Phi) is 3.25. The molecule has 2 aromatic rings. The summed E-state index contributed by atoms with van der Waals surface area (Å²) in [6.45, 7) is 0. The van der Waals surface area contributed by atoms with Gasteiger partial charge in [0.2, 0.25) is 0 Å². The van der Waals surface area contributed by atoms with Crippen molar-refractivity contribution in [3.63, 3.8) is 0 Å². The van der Waals surface area contributed by atoms with Crippen LogP contribution in [0.5, 0.6) is 5.75 Å². The van der Waals surface area contributed by atoms with E-state index in [4.69, 9.17) is 4.74 Å². The van der Waals surface area contributed by atoms with Gasteiger partial charge in [0, 0.05) is 5.56 Å². The molecule has 0 saturated carbocycles. The van der Waals surface area contributed by atoms with Gasteiger partial charge in [0.1, 0.15) is 12.0 Å². The molecule has 0 aliphatic heterocycles. The molecule has 0 heterocycles. The molecule has 2 aromatic carbocycles. The average molecular weight is 279 g/mol. The van der Waals surface area contributed by atoms with Gasteiger partial charge < -0.3 is 9.53 Å². The van der Waals surface area contributed by atoms with E-state index in [1.807, 2.05) is 36.4 Å². The first-order valence-corrected chi connectivity index (χ1v) is 5.84. The fraction of sp³-hybridized carbons (Fsp3) is 0.154. The number of ether oxygens (including phenoxy) is 1. The van der Waals surface area contributed by atoms with Crippen LogP contribution in [0.2, 0.25) is 0 Å². The van der Waals surface area contributed by atoms with E-state index in [-0.39, 0.29) is 4.83 Å². The zero-order valence-corrected chi connectivity index (χ0v) is 10.4. The second-order valence-corrected chi connectivity index (χ2v) is 4.43. The van der Waals surface area contributed by atoms with E-state index in [1.165, 1.54) is 0 Å². The third-order valence-corrected chi connectivity index (χ3v) is 3.22. The molecule has 0 amide bonds. The van der Waals surface area contributed by atoms with Crippen molar-refractivity contribution in [2.75, 3.05) is 7.11 Å². The lowest BCUT2D eigenvalue weighted by molar-refractivity contribution is -0.107. The minimum atomic E-state index is -0.339. The molecule has 1 unspecified atom stereocenters. The molecule has 1 atom stereocenters. The van der Waals surface area contributed by atoms with Crippen LogP contribution in [0.25, 0.3) is 10.8 Å². The summed E-state index contributed by atoms with van der Waals surface area (Å²) in [6, 6.07) is 11.8. The molecule has 2 nitrogen and oxygen atoms in total. The second-order valence-electron chi connectivity index (χ2n) is 3.44. The van der Waals surface area contributed by atoms with Gasteiger partial charge in [-0.3, -0.25) is 0 Å². The normalized spacial score (nSPS) is 12.4. The smallest absolute Gasteiger partial charge is 0.138 e. The number of carbonyl (C=O) groups is 1. The first kappa shape index (κ1) is 11.1. The quantitative estimate of drug-likeness (QED) is 0.635. The lowest BCUT2D eigenvalue weighted by atomic mass is 10.0. The molecule has 0 radical (unpaired) electrons. The summed E-state index contributed by atoms with van der Waals surface area (Å²) >= 11 is 3.35. The lowest BCUT2D eigenvalue weighted by Gasteiger charge is -2.13. The van der Waals surface area contributed by atoms with Crippen molar-refractivity contribution >= 4 is 33.0 Å². The third kappa shape index (κ3) is 1.83. The van der Waals surface area contributed by atoms with Gasteiger partial charge in [-0.25, -0.2) is 0 Å². The van der Waals surface area contributed by atoms with E-state index in [0.29, 0.717) is 0 Å². The minimum Gasteiger partial charge on any atom is -0.496 e. The number of methoxy groups -OCH3 is 1. The Labute approximate surface area is 102 Å². The first-order chi connectivity index (χ1) is 7.77. The molecule has 0 saturated heterocycles. The fourth-order valence-electron chi connectivity index (χ4n) is 1.81. The number of hydrogen-bond donors (Lipinski definition) is 0. The van der Waals surface area contributed by atoms with Gasteiger partial charge in [-0.1, -0.05) is 46.3 Å². The molecule has 0 spiro atoms. The van der Waals surface area contributed by atoms with Crippen LogP contribution in [-0.2, 0) is 4.79 Å². The predicted molar refractivity (Wildman–Crippen MR) is 68.2 cm³/mol. The van der Waals surface area contributed by atoms with Crippen molar-refractivity contribution in [2.45, 2.75) is 4.83 Å². The number of rotatable bonds is 3. The highest BCUT2D eigenvalue weighted by Crippen LogP contribution is 2.35. The van der Waals surface area contributed by atoms with E-state index in [0.717, 1.165) is 28.4 Å². The maximum absolute atomic E-state index is 10.9. The van der Waals surface area contributed by atoms with Gasteiger partial charge in [0.05, 0.1) is 11.9 Å². The third-order valence-electron chi connectivity index (χ3n) is 2.55. The Morgan fingerprint density at radius 1 is 1.25 bits per heavy atom. The van der Waals surface area contributed by atoms with E-state index in [1.54, 1.807) is 7.11 Å². The average Bonchev–Trinajstić information content (AvgIpc) is 2.36. The zero-order chi connectivity index (χ0) is 11.5. The van der Waals surface area contributed by atoms with Gasteiger partial charge in [0.15, 0.2) is 0 Å². The molecule has 0 N–H and O–H groups in total. The molecular formula is C13H11BrO2. The monoisotopic (exact) mass is 278 g/mol. The highest BCUT2D eigenvalue weighted by molar-refractivity contribution is 9.09. The standard InChI is InChI=1S/C13H11BrO2/c1-16-12-7-6-9-4-2-3-5-10(9)13(12)11(14)8-15/h2-8,11H,1H3. The summed E-state index contributed by atoms with van der Waals surface area (Å²) in [5, 5.41) is 2.14. The van der Waals surface area contributed by atoms with E-state index in [2.05, 4.69) is 15.9 Å². The Bertz CT molecular complexity index is 522. The number of alkyl halides is 1. The molecule has 3 heteroatoms. The van der Waals surface area contributed by atoms with Crippen LogP contribution in [0, 0.1) is 0 Å². The molecule has 0 aromatic heterocycles. The van der Waals surface area contributed by atoms with Gasteiger partial charge in [-0.15, -0.1) is 0 Å². The van der Waals surface area contributed by atoms with Crippen molar-refractivity contribution in [1.82, 2.24) is 0 Å². The van der Waals surface area contributed by atoms with Crippen LogP contribution in [-0.4, -0.2) is 13.4 Å². The summed E-state index contributed by atoms with van der Waals surface area (Å²) < 4.78 is 5.29. The van der Waals surface area contributed by atoms with E-state index >= 15 is 0 Å². The maximum Gasteiger partial charge on any atom is 0.138 e. The van der Waals surface area contributed by atoms with Crippen molar-refractivity contribution in [3.8, 4) is 5.75 Å². The first-order valence-electron chi connectivity index (χ1n) is 4.93. The molecule has 0 fully saturated rings. The number of carbonyl (C=O) groups excluding carboxylic acids is 1. The Hall–Kier alpha value is -1.35. The maximum atomic E-state index is 10.9. The Balaban J connectivity index is 2.77. The van der Waals surface area contributed by atoms with Gasteiger partial charge >= 0.3 is 0 Å². The van der Waals surface area contributed by atoms with Crippen molar-refractivity contribution in [3.05, 3.63) is 42.0 Å². The van der Waals surface area contributed by atoms with Crippen LogP contribution in [0.15, 0.2) is 36.4 Å². The molecule has 0 aliphatic carbocycles. The zero-order valence-electron chi connectivity index (χ0n) is 8.81. The Morgan fingerprint density at radius 3 is 2.69 bits per heavy atom. The van der Waals surface area contributed by atoms with Crippen LogP contribution in [0.4, 0.5) is 0 Å². The van der Waals surface area contributed by atoms with Gasteiger partial charge in [0.25, 0.3) is 0 Å². The van der Waals surface area contributed by atoms with Crippen LogP contribution in [0.3, 0.4) is 0 Å². The highest BCUT2D eigenvalue weighted by atomic mass is 79.9. The second kappa shape index (κ2) is 4.66.